The summed E-state index contributed by atoms with van der Waals surface area (Å²) in [6, 6.07) is 8.31. The molecule has 30 heavy (non-hydrogen) atoms. The second kappa shape index (κ2) is 9.08. The molecular formula is C20H20Cl2FN3O3S. The number of nitrogens with one attached hydrogen (secondary N) is 1. The Morgan fingerprint density at radius 2 is 2.00 bits per heavy atom. The Kier molecular flexibility index (Phi) is 6.90. The van der Waals surface area contributed by atoms with Gasteiger partial charge in [-0.25, -0.2) is 17.7 Å². The lowest BCUT2D eigenvalue weighted by Gasteiger charge is -2.48. The number of benzene rings is 2. The van der Waals surface area contributed by atoms with Crippen LogP contribution < -0.4 is 10.1 Å². The van der Waals surface area contributed by atoms with Crippen molar-refractivity contribution in [3.8, 4) is 5.75 Å². The monoisotopic (exact) mass is 471 g/mol. The molecule has 1 aliphatic rings. The molecule has 0 aromatic heterocycles. The highest BCUT2D eigenvalue weighted by Gasteiger charge is 2.49. The molecule has 0 amide bonds. The number of hydrogen-bond donors (Lipinski definition) is 1. The standard InChI is InChI=1S/C20H20Cl2FN3O3S/c1-3-25-10-20(13-29-15-5-6-18(24-2)17(23)9-15)11-26(12-20)30(27,28)19-7-4-14(21)8-16(19)22/h4-9,25H,3,10-13H2,1H3. The van der Waals surface area contributed by atoms with Gasteiger partial charge in [0.25, 0.3) is 0 Å². The Morgan fingerprint density at radius 1 is 1.27 bits per heavy atom. The van der Waals surface area contributed by atoms with Crippen LogP contribution in [-0.4, -0.2) is 45.5 Å². The molecule has 1 saturated heterocycles. The van der Waals surface area contributed by atoms with Crippen LogP contribution in [0.1, 0.15) is 6.92 Å². The molecule has 1 heterocycles. The maximum atomic E-state index is 13.8. The summed E-state index contributed by atoms with van der Waals surface area (Å²) in [7, 11) is -3.78. The Balaban J connectivity index is 1.73. The third kappa shape index (κ3) is 4.71. The van der Waals surface area contributed by atoms with Gasteiger partial charge in [0.15, 0.2) is 0 Å². The number of hydrogen-bond acceptors (Lipinski definition) is 4. The number of rotatable bonds is 8. The van der Waals surface area contributed by atoms with Crippen LogP contribution in [0.25, 0.3) is 4.85 Å². The first-order valence-corrected chi connectivity index (χ1v) is 11.4. The highest BCUT2D eigenvalue weighted by molar-refractivity contribution is 7.89. The molecule has 1 aliphatic heterocycles. The fourth-order valence-electron chi connectivity index (χ4n) is 3.24. The molecule has 2 aromatic carbocycles. The molecule has 3 rings (SSSR count). The van der Waals surface area contributed by atoms with Crippen LogP contribution >= 0.6 is 23.2 Å². The van der Waals surface area contributed by atoms with E-state index >= 15 is 0 Å². The molecule has 0 saturated carbocycles. The van der Waals surface area contributed by atoms with Crippen molar-refractivity contribution in [1.29, 1.82) is 0 Å². The fourth-order valence-corrected chi connectivity index (χ4v) is 5.66. The predicted molar refractivity (Wildman–Crippen MR) is 114 cm³/mol. The minimum atomic E-state index is -3.78. The second-order valence-corrected chi connectivity index (χ2v) is 9.89. The minimum Gasteiger partial charge on any atom is -0.493 e. The van der Waals surface area contributed by atoms with Crippen LogP contribution in [-0.2, 0) is 10.0 Å². The molecule has 2 aromatic rings. The van der Waals surface area contributed by atoms with E-state index in [2.05, 4.69) is 10.2 Å². The summed E-state index contributed by atoms with van der Waals surface area (Å²) in [5.41, 5.74) is -0.554. The lowest BCUT2D eigenvalue weighted by atomic mass is 9.82. The van der Waals surface area contributed by atoms with E-state index in [0.717, 1.165) is 6.07 Å². The second-order valence-electron chi connectivity index (χ2n) is 7.14. The molecule has 160 valence electrons. The molecule has 0 radical (unpaired) electrons. The highest BCUT2D eigenvalue weighted by atomic mass is 35.5. The Hall–Kier alpha value is -1.89. The zero-order chi connectivity index (χ0) is 21.9. The van der Waals surface area contributed by atoms with Crippen molar-refractivity contribution >= 4 is 38.9 Å². The first kappa shape index (κ1) is 22.8. The predicted octanol–water partition coefficient (Wildman–Crippen LogP) is 4.36. The summed E-state index contributed by atoms with van der Waals surface area (Å²) >= 11 is 12.0. The van der Waals surface area contributed by atoms with Gasteiger partial charge in [-0.1, -0.05) is 30.1 Å². The van der Waals surface area contributed by atoms with Crippen LogP contribution in [0.5, 0.6) is 5.75 Å². The molecular weight excluding hydrogens is 452 g/mol. The highest BCUT2D eigenvalue weighted by Crippen LogP contribution is 2.37. The third-order valence-electron chi connectivity index (χ3n) is 4.87. The van der Waals surface area contributed by atoms with E-state index in [-0.39, 0.29) is 41.1 Å². The topological polar surface area (TPSA) is 63.0 Å². The molecule has 1 fully saturated rings. The molecule has 0 aliphatic carbocycles. The van der Waals surface area contributed by atoms with Crippen molar-refractivity contribution in [3.63, 3.8) is 0 Å². The van der Waals surface area contributed by atoms with Gasteiger partial charge in [-0.05, 0) is 36.9 Å². The number of ether oxygens (including phenoxy) is 1. The largest absolute Gasteiger partial charge is 0.493 e. The van der Waals surface area contributed by atoms with E-state index in [1.807, 2.05) is 6.92 Å². The first-order chi connectivity index (χ1) is 14.2. The van der Waals surface area contributed by atoms with Gasteiger partial charge in [0.1, 0.15) is 16.5 Å². The first-order valence-electron chi connectivity index (χ1n) is 9.16. The van der Waals surface area contributed by atoms with Gasteiger partial charge in [-0.2, -0.15) is 4.31 Å². The normalized spacial score (nSPS) is 16.0. The maximum Gasteiger partial charge on any atom is 0.244 e. The van der Waals surface area contributed by atoms with Crippen LogP contribution in [0.15, 0.2) is 41.3 Å². The number of halogens is 3. The summed E-state index contributed by atoms with van der Waals surface area (Å²) in [4.78, 5) is 3.09. The third-order valence-corrected chi connectivity index (χ3v) is 7.38. The van der Waals surface area contributed by atoms with Crippen molar-refractivity contribution < 1.29 is 17.5 Å². The van der Waals surface area contributed by atoms with Gasteiger partial charge in [-0.15, -0.1) is 0 Å². The van der Waals surface area contributed by atoms with Crippen molar-refractivity contribution in [2.75, 3.05) is 32.8 Å². The number of nitrogens with zero attached hydrogens (tertiary/aromatic N) is 2. The van der Waals surface area contributed by atoms with Crippen molar-refractivity contribution in [2.24, 2.45) is 5.41 Å². The van der Waals surface area contributed by atoms with E-state index in [0.29, 0.717) is 18.1 Å². The van der Waals surface area contributed by atoms with E-state index in [9.17, 15) is 12.8 Å². The van der Waals surface area contributed by atoms with Gasteiger partial charge >= 0.3 is 0 Å². The van der Waals surface area contributed by atoms with Crippen molar-refractivity contribution in [3.05, 3.63) is 63.7 Å². The van der Waals surface area contributed by atoms with Crippen molar-refractivity contribution in [2.45, 2.75) is 11.8 Å². The quantitative estimate of drug-likeness (QED) is 0.580. The van der Waals surface area contributed by atoms with Gasteiger partial charge in [0, 0.05) is 36.1 Å². The molecule has 0 atom stereocenters. The molecule has 0 bridgehead atoms. The summed E-state index contributed by atoms with van der Waals surface area (Å²) in [6.07, 6.45) is 0. The van der Waals surface area contributed by atoms with E-state index in [1.54, 1.807) is 0 Å². The molecule has 1 N–H and O–H groups in total. The van der Waals surface area contributed by atoms with E-state index in [4.69, 9.17) is 34.5 Å². The fraction of sp³-hybridized carbons (Fsp3) is 0.350. The van der Waals surface area contributed by atoms with Gasteiger partial charge in [0.05, 0.1) is 18.2 Å². The van der Waals surface area contributed by atoms with Gasteiger partial charge in [-0.3, -0.25) is 0 Å². The zero-order valence-electron chi connectivity index (χ0n) is 16.2. The van der Waals surface area contributed by atoms with Crippen LogP contribution in [0, 0.1) is 17.8 Å². The van der Waals surface area contributed by atoms with E-state index < -0.39 is 21.3 Å². The average Bonchev–Trinajstić information content (AvgIpc) is 2.66. The summed E-state index contributed by atoms with van der Waals surface area (Å²) in [6.45, 7) is 10.8. The van der Waals surface area contributed by atoms with Crippen LogP contribution in [0.4, 0.5) is 10.1 Å². The van der Waals surface area contributed by atoms with Crippen LogP contribution in [0.2, 0.25) is 10.0 Å². The smallest absolute Gasteiger partial charge is 0.244 e. The Labute approximate surface area is 185 Å². The van der Waals surface area contributed by atoms with Crippen LogP contribution in [0.3, 0.4) is 0 Å². The maximum absolute atomic E-state index is 13.8. The molecule has 0 spiro atoms. The minimum absolute atomic E-state index is 0.00309. The lowest BCUT2D eigenvalue weighted by molar-refractivity contribution is 0.0198. The zero-order valence-corrected chi connectivity index (χ0v) is 18.5. The lowest BCUT2D eigenvalue weighted by Crippen LogP contribution is -2.64. The summed E-state index contributed by atoms with van der Waals surface area (Å²) in [5, 5.41) is 3.65. The van der Waals surface area contributed by atoms with Crippen molar-refractivity contribution in [1.82, 2.24) is 9.62 Å². The Morgan fingerprint density at radius 3 is 2.60 bits per heavy atom. The number of sulfonamides is 1. The van der Waals surface area contributed by atoms with Gasteiger partial charge in [0.2, 0.25) is 15.7 Å². The van der Waals surface area contributed by atoms with E-state index in [1.165, 1.54) is 34.6 Å². The summed E-state index contributed by atoms with van der Waals surface area (Å²) < 4.78 is 46.8. The average molecular weight is 472 g/mol. The summed E-state index contributed by atoms with van der Waals surface area (Å²) in [5.74, 6) is -0.365. The molecule has 10 heteroatoms. The Bertz CT molecular complexity index is 1080. The molecule has 6 nitrogen and oxygen atoms in total. The SMILES string of the molecule is [C-]#[N+]c1ccc(OCC2(CNCC)CN(S(=O)(=O)c3ccc(Cl)cc3Cl)C2)cc1F. The van der Waals surface area contributed by atoms with Gasteiger partial charge < -0.3 is 10.1 Å². The molecule has 0 unspecified atom stereocenters.